The number of hydrogen-bond acceptors (Lipinski definition) is 5. The Bertz CT molecular complexity index is 1020. The monoisotopic (exact) mass is 422 g/mol. The molecule has 0 spiro atoms. The van der Waals surface area contributed by atoms with Crippen molar-refractivity contribution in [3.8, 4) is 0 Å². The fourth-order valence-electron chi connectivity index (χ4n) is 3.94. The highest BCUT2D eigenvalue weighted by atomic mass is 32.1. The van der Waals surface area contributed by atoms with Crippen molar-refractivity contribution in [2.75, 3.05) is 25.0 Å². The van der Waals surface area contributed by atoms with Crippen molar-refractivity contribution in [3.05, 3.63) is 58.6 Å². The Kier molecular flexibility index (Phi) is 6.11. The number of fused-ring (bicyclic) bond motifs is 1. The van der Waals surface area contributed by atoms with Crippen molar-refractivity contribution in [3.63, 3.8) is 0 Å². The lowest BCUT2D eigenvalue weighted by Crippen LogP contribution is -2.40. The van der Waals surface area contributed by atoms with Gasteiger partial charge in [-0.2, -0.15) is 0 Å². The Balaban J connectivity index is 1.32. The molecule has 0 unspecified atom stereocenters. The molecule has 156 valence electrons. The molecule has 2 aromatic carbocycles. The maximum Gasteiger partial charge on any atom is 0.243 e. The number of aromatic nitrogens is 1. The standard InChI is InChI=1S/C23H26N4O2S/c1-15-7-5-8-16(2)22(15)26-20(28)13-24-21(29)14-27-12-6-10-18(27)23-25-17-9-3-4-11-19(17)30-23/h3-5,7-9,11,18H,6,10,12-14H2,1-2H3,(H,24,29)(H,26,28)/t18-/m1/s1. The fraction of sp³-hybridized carbons (Fsp3) is 0.348. The van der Waals surface area contributed by atoms with E-state index in [1.54, 1.807) is 11.3 Å². The average molecular weight is 423 g/mol. The summed E-state index contributed by atoms with van der Waals surface area (Å²) < 4.78 is 1.17. The molecule has 1 saturated heterocycles. The molecular weight excluding hydrogens is 396 g/mol. The van der Waals surface area contributed by atoms with E-state index in [1.165, 1.54) is 4.70 Å². The smallest absolute Gasteiger partial charge is 0.243 e. The second kappa shape index (κ2) is 8.93. The van der Waals surface area contributed by atoms with Gasteiger partial charge in [-0.05, 0) is 56.5 Å². The molecule has 6 nitrogen and oxygen atoms in total. The third kappa shape index (κ3) is 4.52. The first-order chi connectivity index (χ1) is 14.5. The molecule has 3 aromatic rings. The number of carbonyl (C=O) groups is 2. The number of nitrogens with zero attached hydrogens (tertiary/aromatic N) is 2. The molecule has 0 saturated carbocycles. The molecule has 7 heteroatoms. The number of thiazole rings is 1. The Morgan fingerprint density at radius 1 is 1.10 bits per heavy atom. The van der Waals surface area contributed by atoms with Gasteiger partial charge in [0.25, 0.3) is 0 Å². The van der Waals surface area contributed by atoms with E-state index in [9.17, 15) is 9.59 Å². The van der Waals surface area contributed by atoms with Crippen LogP contribution in [0, 0.1) is 13.8 Å². The number of likely N-dealkylation sites (tertiary alicyclic amines) is 1. The number of rotatable bonds is 6. The van der Waals surface area contributed by atoms with Crippen molar-refractivity contribution in [1.29, 1.82) is 0 Å². The minimum absolute atomic E-state index is 0.0355. The first-order valence-electron chi connectivity index (χ1n) is 10.2. The van der Waals surface area contributed by atoms with Crippen LogP contribution in [-0.2, 0) is 9.59 Å². The normalized spacial score (nSPS) is 16.7. The second-order valence-corrected chi connectivity index (χ2v) is 8.80. The van der Waals surface area contributed by atoms with Gasteiger partial charge in [0.15, 0.2) is 0 Å². The predicted molar refractivity (Wildman–Crippen MR) is 121 cm³/mol. The van der Waals surface area contributed by atoms with Crippen molar-refractivity contribution >= 4 is 39.1 Å². The zero-order valence-corrected chi connectivity index (χ0v) is 18.1. The molecule has 2 amide bonds. The van der Waals surface area contributed by atoms with Gasteiger partial charge in [0.2, 0.25) is 11.8 Å². The molecule has 1 aliphatic heterocycles. The number of hydrogen-bond donors (Lipinski definition) is 2. The summed E-state index contributed by atoms with van der Waals surface area (Å²) in [5, 5.41) is 6.72. The molecular formula is C23H26N4O2S. The van der Waals surface area contributed by atoms with E-state index in [2.05, 4.69) is 21.6 Å². The first-order valence-corrected chi connectivity index (χ1v) is 11.0. The van der Waals surface area contributed by atoms with E-state index >= 15 is 0 Å². The molecule has 1 aromatic heterocycles. The van der Waals surface area contributed by atoms with Gasteiger partial charge in [-0.25, -0.2) is 4.98 Å². The van der Waals surface area contributed by atoms with Crippen LogP contribution in [0.15, 0.2) is 42.5 Å². The topological polar surface area (TPSA) is 74.3 Å². The maximum absolute atomic E-state index is 12.5. The number of benzene rings is 2. The van der Waals surface area contributed by atoms with Gasteiger partial charge in [0.05, 0.1) is 29.3 Å². The van der Waals surface area contributed by atoms with E-state index < -0.39 is 0 Å². The highest BCUT2D eigenvalue weighted by Crippen LogP contribution is 2.36. The molecule has 1 aliphatic rings. The summed E-state index contributed by atoms with van der Waals surface area (Å²) in [5.41, 5.74) is 3.83. The van der Waals surface area contributed by atoms with Crippen LogP contribution in [0.25, 0.3) is 10.2 Å². The Morgan fingerprint density at radius 3 is 2.63 bits per heavy atom. The van der Waals surface area contributed by atoms with Crippen LogP contribution in [0.1, 0.15) is 35.0 Å². The molecule has 30 heavy (non-hydrogen) atoms. The first kappa shape index (κ1) is 20.5. The number of anilines is 1. The molecule has 1 fully saturated rings. The molecule has 4 rings (SSSR count). The number of carbonyl (C=O) groups excluding carboxylic acids is 2. The predicted octanol–water partition coefficient (Wildman–Crippen LogP) is 3.80. The zero-order chi connectivity index (χ0) is 21.1. The molecule has 2 N–H and O–H groups in total. The van der Waals surface area contributed by atoms with E-state index in [0.29, 0.717) is 0 Å². The number of amides is 2. The van der Waals surface area contributed by atoms with Crippen LogP contribution in [0.5, 0.6) is 0 Å². The summed E-state index contributed by atoms with van der Waals surface area (Å²) in [6, 6.07) is 14.2. The Labute approximate surface area is 180 Å². The van der Waals surface area contributed by atoms with E-state index in [0.717, 1.165) is 46.7 Å². The lowest BCUT2D eigenvalue weighted by molar-refractivity contribution is -0.125. The van der Waals surface area contributed by atoms with Crippen LogP contribution in [0.2, 0.25) is 0 Å². The van der Waals surface area contributed by atoms with Gasteiger partial charge in [0.1, 0.15) is 5.01 Å². The second-order valence-electron chi connectivity index (χ2n) is 7.74. The van der Waals surface area contributed by atoms with Crippen molar-refractivity contribution in [2.24, 2.45) is 0 Å². The summed E-state index contributed by atoms with van der Waals surface area (Å²) in [5.74, 6) is -0.357. The minimum Gasteiger partial charge on any atom is -0.346 e. The highest BCUT2D eigenvalue weighted by molar-refractivity contribution is 7.18. The Morgan fingerprint density at radius 2 is 1.87 bits per heavy atom. The third-order valence-corrected chi connectivity index (χ3v) is 6.64. The maximum atomic E-state index is 12.5. The molecule has 0 radical (unpaired) electrons. The summed E-state index contributed by atoms with van der Waals surface area (Å²) in [6.45, 7) is 5.01. The summed E-state index contributed by atoms with van der Waals surface area (Å²) in [4.78, 5) is 31.7. The van der Waals surface area contributed by atoms with Crippen LogP contribution < -0.4 is 10.6 Å². The van der Waals surface area contributed by atoms with Gasteiger partial charge in [-0.3, -0.25) is 14.5 Å². The van der Waals surface area contributed by atoms with Crippen LogP contribution >= 0.6 is 11.3 Å². The van der Waals surface area contributed by atoms with Crippen LogP contribution in [0.3, 0.4) is 0 Å². The lowest BCUT2D eigenvalue weighted by atomic mass is 10.1. The molecule has 1 atom stereocenters. The van der Waals surface area contributed by atoms with Crippen LogP contribution in [0.4, 0.5) is 5.69 Å². The van der Waals surface area contributed by atoms with Gasteiger partial charge < -0.3 is 10.6 Å². The summed E-state index contributed by atoms with van der Waals surface area (Å²) in [6.07, 6.45) is 2.04. The summed E-state index contributed by atoms with van der Waals surface area (Å²) >= 11 is 1.70. The third-order valence-electron chi connectivity index (χ3n) is 5.50. The quantitative estimate of drug-likeness (QED) is 0.634. The van der Waals surface area contributed by atoms with Gasteiger partial charge >= 0.3 is 0 Å². The SMILES string of the molecule is Cc1cccc(C)c1NC(=O)CNC(=O)CN1CCC[C@@H]1c1nc2ccccc2s1. The van der Waals surface area contributed by atoms with Gasteiger partial charge in [0, 0.05) is 5.69 Å². The van der Waals surface area contributed by atoms with Crippen LogP contribution in [-0.4, -0.2) is 41.3 Å². The fourth-order valence-corrected chi connectivity index (χ4v) is 5.08. The Hall–Kier alpha value is -2.77. The van der Waals surface area contributed by atoms with E-state index in [-0.39, 0.29) is 30.9 Å². The average Bonchev–Trinajstić information content (AvgIpc) is 3.35. The molecule has 0 bridgehead atoms. The molecule has 0 aliphatic carbocycles. The number of nitrogens with one attached hydrogen (secondary N) is 2. The van der Waals surface area contributed by atoms with Gasteiger partial charge in [-0.1, -0.05) is 30.3 Å². The zero-order valence-electron chi connectivity index (χ0n) is 17.3. The van der Waals surface area contributed by atoms with Crippen molar-refractivity contribution in [1.82, 2.24) is 15.2 Å². The molecule has 2 heterocycles. The number of para-hydroxylation sites is 2. The van der Waals surface area contributed by atoms with Gasteiger partial charge in [-0.15, -0.1) is 11.3 Å². The largest absolute Gasteiger partial charge is 0.346 e. The van der Waals surface area contributed by atoms with E-state index in [1.807, 2.05) is 50.2 Å². The highest BCUT2D eigenvalue weighted by Gasteiger charge is 2.30. The lowest BCUT2D eigenvalue weighted by Gasteiger charge is -2.22. The minimum atomic E-state index is -0.218. The van der Waals surface area contributed by atoms with Crippen molar-refractivity contribution < 1.29 is 9.59 Å². The summed E-state index contributed by atoms with van der Waals surface area (Å²) in [7, 11) is 0. The van der Waals surface area contributed by atoms with E-state index in [4.69, 9.17) is 4.98 Å². The van der Waals surface area contributed by atoms with Crippen molar-refractivity contribution in [2.45, 2.75) is 32.7 Å². The number of aryl methyl sites for hydroxylation is 2.